The molecule has 0 radical (unpaired) electrons. The fourth-order valence-electron chi connectivity index (χ4n) is 3.11. The monoisotopic (exact) mass is 320 g/mol. The Kier molecular flexibility index (Phi) is 4.05. The number of hydrogen-bond donors (Lipinski definition) is 0. The minimum absolute atomic E-state index is 0.317. The molecule has 122 valence electrons. The minimum Gasteiger partial charge on any atom is -0.454 e. The predicted molar refractivity (Wildman–Crippen MR) is 94.1 cm³/mol. The van der Waals surface area contributed by atoms with Crippen molar-refractivity contribution in [2.24, 2.45) is 0 Å². The van der Waals surface area contributed by atoms with E-state index in [9.17, 15) is 0 Å². The second kappa shape index (κ2) is 6.49. The fraction of sp³-hybridized carbons (Fsp3) is 0.250. The molecule has 0 saturated heterocycles. The van der Waals surface area contributed by atoms with Gasteiger partial charge in [-0.25, -0.2) is 0 Å². The van der Waals surface area contributed by atoms with Crippen molar-refractivity contribution < 1.29 is 9.47 Å². The third kappa shape index (κ3) is 2.93. The molecule has 0 atom stereocenters. The van der Waals surface area contributed by atoms with Crippen LogP contribution in [0.15, 0.2) is 54.7 Å². The highest BCUT2D eigenvalue weighted by Crippen LogP contribution is 2.33. The quantitative estimate of drug-likeness (QED) is 0.712. The van der Waals surface area contributed by atoms with Gasteiger partial charge in [-0.2, -0.15) is 0 Å². The molecule has 1 aromatic heterocycles. The number of aromatic nitrogens is 1. The summed E-state index contributed by atoms with van der Waals surface area (Å²) in [5.41, 5.74) is 3.58. The first-order valence-electron chi connectivity index (χ1n) is 8.27. The van der Waals surface area contributed by atoms with Crippen molar-refractivity contribution in [2.45, 2.75) is 20.0 Å². The first-order chi connectivity index (χ1) is 11.8. The van der Waals surface area contributed by atoms with Crippen LogP contribution in [0.2, 0.25) is 0 Å². The number of pyridine rings is 1. The van der Waals surface area contributed by atoms with Gasteiger partial charge >= 0.3 is 0 Å². The molecule has 2 aromatic carbocycles. The lowest BCUT2D eigenvalue weighted by Gasteiger charge is -2.21. The van der Waals surface area contributed by atoms with Crippen molar-refractivity contribution in [1.29, 1.82) is 0 Å². The van der Waals surface area contributed by atoms with Gasteiger partial charge < -0.3 is 9.47 Å². The van der Waals surface area contributed by atoms with Gasteiger partial charge in [-0.3, -0.25) is 9.88 Å². The normalized spacial score (nSPS) is 12.9. The van der Waals surface area contributed by atoms with Crippen LogP contribution in [0.1, 0.15) is 18.1 Å². The van der Waals surface area contributed by atoms with E-state index in [1.165, 1.54) is 16.5 Å². The van der Waals surface area contributed by atoms with E-state index in [0.29, 0.717) is 6.79 Å². The van der Waals surface area contributed by atoms with Gasteiger partial charge in [0, 0.05) is 24.7 Å². The number of nitrogens with zero attached hydrogens (tertiary/aromatic N) is 2. The second-order valence-corrected chi connectivity index (χ2v) is 5.98. The molecule has 0 aliphatic carbocycles. The molecule has 0 saturated carbocycles. The highest BCUT2D eigenvalue weighted by molar-refractivity contribution is 5.81. The largest absolute Gasteiger partial charge is 0.454 e. The molecular formula is C20H20N2O2. The summed E-state index contributed by atoms with van der Waals surface area (Å²) in [4.78, 5) is 6.96. The molecule has 2 heterocycles. The molecule has 0 unspecified atom stereocenters. The van der Waals surface area contributed by atoms with Gasteiger partial charge in [-0.1, -0.05) is 37.3 Å². The molecule has 24 heavy (non-hydrogen) atoms. The first kappa shape index (κ1) is 15.0. The van der Waals surface area contributed by atoms with Gasteiger partial charge in [0.25, 0.3) is 0 Å². The summed E-state index contributed by atoms with van der Waals surface area (Å²) in [5.74, 6) is 1.68. The molecule has 0 N–H and O–H groups in total. The van der Waals surface area contributed by atoms with Crippen LogP contribution in [0.3, 0.4) is 0 Å². The van der Waals surface area contributed by atoms with Crippen molar-refractivity contribution in [3.63, 3.8) is 0 Å². The van der Waals surface area contributed by atoms with E-state index in [4.69, 9.17) is 9.47 Å². The summed E-state index contributed by atoms with van der Waals surface area (Å²) in [6.45, 7) is 5.22. The Bertz CT molecular complexity index is 858. The highest BCUT2D eigenvalue weighted by Gasteiger charge is 2.15. The summed E-state index contributed by atoms with van der Waals surface area (Å²) >= 11 is 0. The zero-order chi connectivity index (χ0) is 16.4. The Morgan fingerprint density at radius 1 is 1.00 bits per heavy atom. The molecule has 0 amide bonds. The van der Waals surface area contributed by atoms with Crippen molar-refractivity contribution in [1.82, 2.24) is 9.88 Å². The van der Waals surface area contributed by atoms with Gasteiger partial charge in [0.1, 0.15) is 0 Å². The molecular weight excluding hydrogens is 300 g/mol. The maximum absolute atomic E-state index is 5.48. The smallest absolute Gasteiger partial charge is 0.231 e. The predicted octanol–water partition coefficient (Wildman–Crippen LogP) is 3.99. The number of rotatable bonds is 5. The molecule has 1 aliphatic heterocycles. The maximum atomic E-state index is 5.48. The summed E-state index contributed by atoms with van der Waals surface area (Å²) < 4.78 is 10.9. The van der Waals surface area contributed by atoms with Gasteiger partial charge in [0.15, 0.2) is 11.5 Å². The van der Waals surface area contributed by atoms with Gasteiger partial charge in [0.05, 0.1) is 5.52 Å². The van der Waals surface area contributed by atoms with Crippen LogP contribution in [-0.4, -0.2) is 23.2 Å². The van der Waals surface area contributed by atoms with E-state index in [1.54, 1.807) is 0 Å². The SMILES string of the molecule is CCN(Cc1ccc2c(c1)OCO2)Cc1cccc2cccnc12. The van der Waals surface area contributed by atoms with E-state index < -0.39 is 0 Å². The van der Waals surface area contributed by atoms with Crippen LogP contribution in [0.5, 0.6) is 11.5 Å². The summed E-state index contributed by atoms with van der Waals surface area (Å²) in [6, 6.07) is 16.6. The molecule has 4 heteroatoms. The van der Waals surface area contributed by atoms with E-state index in [0.717, 1.165) is 36.6 Å². The van der Waals surface area contributed by atoms with Gasteiger partial charge in [-0.15, -0.1) is 0 Å². The van der Waals surface area contributed by atoms with Crippen molar-refractivity contribution in [2.75, 3.05) is 13.3 Å². The maximum Gasteiger partial charge on any atom is 0.231 e. The summed E-state index contributed by atoms with van der Waals surface area (Å²) in [5, 5.41) is 1.19. The molecule has 0 fully saturated rings. The number of hydrogen-bond acceptors (Lipinski definition) is 4. The number of benzene rings is 2. The average Bonchev–Trinajstić information content (AvgIpc) is 3.09. The highest BCUT2D eigenvalue weighted by atomic mass is 16.7. The van der Waals surface area contributed by atoms with E-state index >= 15 is 0 Å². The van der Waals surface area contributed by atoms with Crippen molar-refractivity contribution in [3.05, 3.63) is 65.9 Å². The fourth-order valence-corrected chi connectivity index (χ4v) is 3.11. The Hall–Kier alpha value is -2.59. The average molecular weight is 320 g/mol. The van der Waals surface area contributed by atoms with Crippen molar-refractivity contribution in [3.8, 4) is 11.5 Å². The van der Waals surface area contributed by atoms with Crippen LogP contribution in [-0.2, 0) is 13.1 Å². The van der Waals surface area contributed by atoms with Gasteiger partial charge in [0.2, 0.25) is 6.79 Å². The van der Waals surface area contributed by atoms with Crippen LogP contribution in [0.4, 0.5) is 0 Å². The van der Waals surface area contributed by atoms with E-state index in [1.807, 2.05) is 18.3 Å². The lowest BCUT2D eigenvalue weighted by molar-refractivity contribution is 0.174. The van der Waals surface area contributed by atoms with E-state index in [-0.39, 0.29) is 0 Å². The molecule has 4 nitrogen and oxygen atoms in total. The summed E-state index contributed by atoms with van der Waals surface area (Å²) in [7, 11) is 0. The lowest BCUT2D eigenvalue weighted by atomic mass is 10.1. The zero-order valence-electron chi connectivity index (χ0n) is 13.7. The number of para-hydroxylation sites is 1. The first-order valence-corrected chi connectivity index (χ1v) is 8.27. The Balaban J connectivity index is 1.55. The molecule has 0 bridgehead atoms. The standard InChI is InChI=1S/C20H20N2O2/c1-2-22(12-15-8-9-18-19(11-15)24-14-23-18)13-17-6-3-5-16-7-4-10-21-20(16)17/h3-11H,2,12-14H2,1H3. The van der Waals surface area contributed by atoms with Crippen molar-refractivity contribution >= 4 is 10.9 Å². The van der Waals surface area contributed by atoms with Crippen LogP contribution >= 0.6 is 0 Å². The Labute approximate surface area is 141 Å². The number of fused-ring (bicyclic) bond motifs is 2. The number of ether oxygens (including phenoxy) is 2. The zero-order valence-corrected chi connectivity index (χ0v) is 13.7. The van der Waals surface area contributed by atoms with Crippen LogP contribution < -0.4 is 9.47 Å². The van der Waals surface area contributed by atoms with E-state index in [2.05, 4.69) is 53.2 Å². The summed E-state index contributed by atoms with van der Waals surface area (Å²) in [6.07, 6.45) is 1.86. The molecule has 3 aromatic rings. The lowest BCUT2D eigenvalue weighted by Crippen LogP contribution is -2.22. The van der Waals surface area contributed by atoms with Gasteiger partial charge in [-0.05, 0) is 35.9 Å². The van der Waals surface area contributed by atoms with Crippen LogP contribution in [0.25, 0.3) is 10.9 Å². The molecule has 1 aliphatic rings. The third-order valence-corrected chi connectivity index (χ3v) is 4.40. The second-order valence-electron chi connectivity index (χ2n) is 5.98. The third-order valence-electron chi connectivity index (χ3n) is 4.40. The topological polar surface area (TPSA) is 34.6 Å². The Morgan fingerprint density at radius 2 is 1.88 bits per heavy atom. The van der Waals surface area contributed by atoms with Crippen LogP contribution in [0, 0.1) is 0 Å². The Morgan fingerprint density at radius 3 is 2.79 bits per heavy atom. The minimum atomic E-state index is 0.317. The molecule has 4 rings (SSSR count). The molecule has 0 spiro atoms.